The summed E-state index contributed by atoms with van der Waals surface area (Å²) in [5.74, 6) is -5.90. The molecule has 1 aliphatic rings. The van der Waals surface area contributed by atoms with Gasteiger partial charge < -0.3 is 0 Å². The molecule has 0 radical (unpaired) electrons. The van der Waals surface area contributed by atoms with Crippen LogP contribution in [0.15, 0.2) is 0 Å². The van der Waals surface area contributed by atoms with Gasteiger partial charge in [0.05, 0.1) is 0 Å². The van der Waals surface area contributed by atoms with Crippen LogP contribution in [-0.2, 0) is 9.59 Å². The number of rotatable bonds is 3. The van der Waals surface area contributed by atoms with Gasteiger partial charge in [-0.15, -0.1) is 11.6 Å². The third-order valence-electron chi connectivity index (χ3n) is 3.63. The van der Waals surface area contributed by atoms with Gasteiger partial charge in [0.1, 0.15) is 0 Å². The molecule has 1 rings (SSSR count). The highest BCUT2D eigenvalue weighted by Gasteiger charge is 2.52. The van der Waals surface area contributed by atoms with Crippen LogP contribution in [0.1, 0.15) is 32.1 Å². The number of nitrogens with zero attached hydrogens (tertiary/aromatic N) is 2. The zero-order chi connectivity index (χ0) is 19.4. The molecule has 5 nitrogen and oxygen atoms in total. The average Bonchev–Trinajstić information content (AvgIpc) is 2.51. The lowest BCUT2D eigenvalue weighted by Crippen LogP contribution is -2.58. The van der Waals surface area contributed by atoms with Crippen molar-refractivity contribution in [2.75, 3.05) is 12.4 Å². The largest absolute Gasteiger partial charge is 0.471 e. The summed E-state index contributed by atoms with van der Waals surface area (Å²) in [6, 6.07) is -3.19. The molecule has 0 bridgehead atoms. The van der Waals surface area contributed by atoms with Gasteiger partial charge in [0.25, 0.3) is 0 Å². The molecule has 1 fully saturated rings. The molecule has 144 valence electrons. The lowest BCUT2D eigenvalue weighted by atomic mass is 9.94. The fraction of sp³-hybridized carbons (Fsp3) is 0.769. The summed E-state index contributed by atoms with van der Waals surface area (Å²) in [7, 11) is 0. The molecule has 0 unspecified atom stereocenters. The molecule has 0 saturated heterocycles. The number of amides is 4. The zero-order valence-electron chi connectivity index (χ0n) is 12.8. The highest BCUT2D eigenvalue weighted by Crippen LogP contribution is 2.29. The third kappa shape index (κ3) is 5.48. The standard InChI is InChI=1S/C13H15ClF6N2O3/c14-6-7-21(9(23)12(15,16)17)11(25)22(10(24)13(18,19)20)8-4-2-1-3-5-8/h8H,1-7H2. The smallest absolute Gasteiger partial charge is 0.264 e. The second kappa shape index (κ2) is 8.24. The van der Waals surface area contributed by atoms with Gasteiger partial charge >= 0.3 is 30.2 Å². The molecule has 1 saturated carbocycles. The Kier molecular flexibility index (Phi) is 7.09. The molecule has 0 aromatic rings. The molecule has 0 aromatic heterocycles. The Morgan fingerprint density at radius 2 is 1.36 bits per heavy atom. The highest BCUT2D eigenvalue weighted by atomic mass is 35.5. The summed E-state index contributed by atoms with van der Waals surface area (Å²) in [4.78, 5) is 34.5. The van der Waals surface area contributed by atoms with E-state index in [1.807, 2.05) is 0 Å². The fourth-order valence-electron chi connectivity index (χ4n) is 2.54. The quantitative estimate of drug-likeness (QED) is 0.542. The first-order chi connectivity index (χ1) is 11.4. The second-order valence-corrected chi connectivity index (χ2v) is 5.77. The number of hydrogen-bond acceptors (Lipinski definition) is 3. The first kappa shape index (κ1) is 21.5. The first-order valence-corrected chi connectivity index (χ1v) is 7.83. The van der Waals surface area contributed by atoms with Crippen LogP contribution >= 0.6 is 11.6 Å². The van der Waals surface area contributed by atoms with Gasteiger partial charge in [0.15, 0.2) is 0 Å². The Morgan fingerprint density at radius 3 is 1.76 bits per heavy atom. The molecule has 0 N–H and O–H groups in total. The molecule has 0 aromatic carbocycles. The van der Waals surface area contributed by atoms with Crippen molar-refractivity contribution < 1.29 is 40.7 Å². The molecule has 25 heavy (non-hydrogen) atoms. The van der Waals surface area contributed by atoms with E-state index in [2.05, 4.69) is 0 Å². The summed E-state index contributed by atoms with van der Waals surface area (Å²) < 4.78 is 76.2. The Balaban J connectivity index is 3.22. The van der Waals surface area contributed by atoms with Crippen LogP contribution in [0.3, 0.4) is 0 Å². The van der Waals surface area contributed by atoms with E-state index in [1.165, 1.54) is 0 Å². The van der Waals surface area contributed by atoms with Crippen LogP contribution in [0.4, 0.5) is 31.1 Å². The molecular formula is C13H15ClF6N2O3. The summed E-state index contributed by atoms with van der Waals surface area (Å²) in [5, 5.41) is 0. The van der Waals surface area contributed by atoms with Crippen molar-refractivity contribution in [1.29, 1.82) is 0 Å². The zero-order valence-corrected chi connectivity index (χ0v) is 13.5. The maximum atomic E-state index is 12.8. The van der Waals surface area contributed by atoms with E-state index in [0.717, 1.165) is 0 Å². The second-order valence-electron chi connectivity index (χ2n) is 5.39. The molecule has 0 atom stereocenters. The minimum absolute atomic E-state index is 0.0164. The van der Waals surface area contributed by atoms with Crippen molar-refractivity contribution in [3.63, 3.8) is 0 Å². The Hall–Kier alpha value is -1.52. The summed E-state index contributed by atoms with van der Waals surface area (Å²) in [6.45, 7) is -0.979. The number of carbonyl (C=O) groups is 3. The number of alkyl halides is 7. The van der Waals surface area contributed by atoms with Gasteiger partial charge in [0, 0.05) is 18.5 Å². The number of hydrogen-bond donors (Lipinski definition) is 0. The van der Waals surface area contributed by atoms with Gasteiger partial charge in [-0.1, -0.05) is 19.3 Å². The number of imide groups is 2. The van der Waals surface area contributed by atoms with Crippen molar-refractivity contribution in [2.45, 2.75) is 50.5 Å². The van der Waals surface area contributed by atoms with E-state index in [0.29, 0.717) is 19.3 Å². The van der Waals surface area contributed by atoms with Crippen LogP contribution < -0.4 is 0 Å². The van der Waals surface area contributed by atoms with Gasteiger partial charge in [-0.05, 0) is 12.8 Å². The number of carbonyl (C=O) groups excluding carboxylic acids is 3. The lowest BCUT2D eigenvalue weighted by molar-refractivity contribution is -0.188. The topological polar surface area (TPSA) is 57.7 Å². The molecule has 0 heterocycles. The predicted molar refractivity (Wildman–Crippen MR) is 73.7 cm³/mol. The van der Waals surface area contributed by atoms with Crippen LogP contribution in [0.2, 0.25) is 0 Å². The summed E-state index contributed by atoms with van der Waals surface area (Å²) in [5.41, 5.74) is 0. The SMILES string of the molecule is O=C(N(CCCl)C(=O)C(F)(F)F)N(C(=O)C(F)(F)F)C1CCCCC1. The predicted octanol–water partition coefficient (Wildman–Crippen LogP) is 3.46. The van der Waals surface area contributed by atoms with Crippen molar-refractivity contribution in [1.82, 2.24) is 9.80 Å². The lowest BCUT2D eigenvalue weighted by Gasteiger charge is -2.36. The monoisotopic (exact) mass is 396 g/mol. The van der Waals surface area contributed by atoms with Gasteiger partial charge in [-0.25, -0.2) is 4.79 Å². The third-order valence-corrected chi connectivity index (χ3v) is 3.80. The Labute approximate surface area is 143 Å². The maximum absolute atomic E-state index is 12.8. The van der Waals surface area contributed by atoms with E-state index in [-0.39, 0.29) is 17.7 Å². The van der Waals surface area contributed by atoms with E-state index >= 15 is 0 Å². The normalized spacial score (nSPS) is 16.4. The van der Waals surface area contributed by atoms with Crippen LogP contribution in [-0.4, -0.2) is 58.5 Å². The van der Waals surface area contributed by atoms with Crippen molar-refractivity contribution in [3.8, 4) is 0 Å². The van der Waals surface area contributed by atoms with Crippen molar-refractivity contribution in [3.05, 3.63) is 0 Å². The number of urea groups is 1. The van der Waals surface area contributed by atoms with Crippen molar-refractivity contribution >= 4 is 29.4 Å². The highest BCUT2D eigenvalue weighted by molar-refractivity contribution is 6.18. The Bertz CT molecular complexity index is 517. The summed E-state index contributed by atoms with van der Waals surface area (Å²) >= 11 is 5.26. The summed E-state index contributed by atoms with van der Waals surface area (Å²) in [6.07, 6.45) is -9.47. The first-order valence-electron chi connectivity index (χ1n) is 7.30. The maximum Gasteiger partial charge on any atom is 0.471 e. The van der Waals surface area contributed by atoms with Crippen molar-refractivity contribution in [2.24, 2.45) is 0 Å². The van der Waals surface area contributed by atoms with Crippen LogP contribution in [0.5, 0.6) is 0 Å². The fourth-order valence-corrected chi connectivity index (χ4v) is 2.71. The Morgan fingerprint density at radius 1 is 0.880 bits per heavy atom. The molecule has 1 aliphatic carbocycles. The van der Waals surface area contributed by atoms with Gasteiger partial charge in [-0.2, -0.15) is 26.3 Å². The van der Waals surface area contributed by atoms with E-state index < -0.39 is 53.6 Å². The van der Waals surface area contributed by atoms with E-state index in [9.17, 15) is 40.7 Å². The molecular weight excluding hydrogens is 382 g/mol. The molecule has 12 heteroatoms. The number of halogens is 7. The minimum Gasteiger partial charge on any atom is -0.264 e. The average molecular weight is 397 g/mol. The minimum atomic E-state index is -5.50. The van der Waals surface area contributed by atoms with Crippen LogP contribution in [0.25, 0.3) is 0 Å². The van der Waals surface area contributed by atoms with Gasteiger partial charge in [0.2, 0.25) is 0 Å². The molecule has 4 amide bonds. The van der Waals surface area contributed by atoms with E-state index in [4.69, 9.17) is 11.6 Å². The molecule has 0 aliphatic heterocycles. The van der Waals surface area contributed by atoms with Gasteiger partial charge in [-0.3, -0.25) is 19.4 Å². The van der Waals surface area contributed by atoms with E-state index in [1.54, 1.807) is 0 Å². The van der Waals surface area contributed by atoms with Crippen LogP contribution in [0, 0.1) is 0 Å². The molecule has 0 spiro atoms.